The summed E-state index contributed by atoms with van der Waals surface area (Å²) in [5.74, 6) is 1.13. The summed E-state index contributed by atoms with van der Waals surface area (Å²) in [7, 11) is 0. The van der Waals surface area contributed by atoms with Gasteiger partial charge in [0.1, 0.15) is 0 Å². The van der Waals surface area contributed by atoms with E-state index in [0.717, 1.165) is 19.5 Å². The molecule has 106 valence electrons. The Bertz CT molecular complexity index is 252. The van der Waals surface area contributed by atoms with Gasteiger partial charge in [-0.05, 0) is 56.5 Å². The Morgan fingerprint density at radius 3 is 2.44 bits per heavy atom. The molecule has 1 N–H and O–H groups in total. The van der Waals surface area contributed by atoms with Gasteiger partial charge < -0.3 is 10.1 Å². The van der Waals surface area contributed by atoms with Gasteiger partial charge >= 0.3 is 5.97 Å². The molecule has 0 aliphatic carbocycles. The Labute approximate surface area is 112 Å². The maximum absolute atomic E-state index is 11.7. The van der Waals surface area contributed by atoms with Gasteiger partial charge in [0.25, 0.3) is 0 Å². The third-order valence-corrected chi connectivity index (χ3v) is 3.66. The molecular weight excluding hydrogens is 226 g/mol. The zero-order chi connectivity index (χ0) is 13.6. The van der Waals surface area contributed by atoms with Crippen molar-refractivity contribution in [1.29, 1.82) is 0 Å². The first-order chi connectivity index (χ1) is 8.42. The highest BCUT2D eigenvalue weighted by Crippen LogP contribution is 2.35. The fourth-order valence-corrected chi connectivity index (χ4v) is 2.94. The summed E-state index contributed by atoms with van der Waals surface area (Å²) in [6.45, 7) is 11.3. The van der Waals surface area contributed by atoms with E-state index in [2.05, 4.69) is 26.1 Å². The molecule has 3 nitrogen and oxygen atoms in total. The van der Waals surface area contributed by atoms with Crippen LogP contribution in [0.2, 0.25) is 0 Å². The smallest absolute Gasteiger partial charge is 0.306 e. The summed E-state index contributed by atoms with van der Waals surface area (Å²) in [5, 5.41) is 3.39. The van der Waals surface area contributed by atoms with Crippen LogP contribution in [0, 0.1) is 17.3 Å². The molecule has 0 aromatic carbocycles. The third-order valence-electron chi connectivity index (χ3n) is 3.66. The quantitative estimate of drug-likeness (QED) is 0.768. The van der Waals surface area contributed by atoms with Crippen LogP contribution in [0.4, 0.5) is 0 Å². The molecule has 1 aliphatic rings. The molecule has 0 amide bonds. The van der Waals surface area contributed by atoms with Crippen molar-refractivity contribution in [2.45, 2.75) is 53.4 Å². The fourth-order valence-electron chi connectivity index (χ4n) is 2.94. The number of hydrogen-bond acceptors (Lipinski definition) is 3. The zero-order valence-electron chi connectivity index (χ0n) is 12.4. The number of esters is 1. The van der Waals surface area contributed by atoms with Gasteiger partial charge in [0.15, 0.2) is 0 Å². The van der Waals surface area contributed by atoms with E-state index in [1.165, 1.54) is 12.8 Å². The lowest BCUT2D eigenvalue weighted by Gasteiger charge is -2.34. The molecule has 1 aliphatic heterocycles. The van der Waals surface area contributed by atoms with E-state index in [0.29, 0.717) is 24.9 Å². The summed E-state index contributed by atoms with van der Waals surface area (Å²) in [5.41, 5.74) is 0.280. The summed E-state index contributed by atoms with van der Waals surface area (Å²) in [6, 6.07) is 0. The Balaban J connectivity index is 2.58. The minimum absolute atomic E-state index is 0.0229. The summed E-state index contributed by atoms with van der Waals surface area (Å²) >= 11 is 0. The lowest BCUT2D eigenvalue weighted by molar-refractivity contribution is -0.145. The Kier molecular flexibility index (Phi) is 6.13. The highest BCUT2D eigenvalue weighted by molar-refractivity contribution is 5.69. The molecule has 1 saturated heterocycles. The monoisotopic (exact) mass is 255 g/mol. The number of nitrogens with one attached hydrogen (secondary N) is 1. The van der Waals surface area contributed by atoms with Gasteiger partial charge in [-0.25, -0.2) is 0 Å². The van der Waals surface area contributed by atoms with Gasteiger partial charge in [-0.3, -0.25) is 4.79 Å². The van der Waals surface area contributed by atoms with E-state index >= 15 is 0 Å². The minimum Gasteiger partial charge on any atom is -0.466 e. The topological polar surface area (TPSA) is 38.3 Å². The van der Waals surface area contributed by atoms with Crippen LogP contribution in [-0.4, -0.2) is 25.7 Å². The van der Waals surface area contributed by atoms with Crippen molar-refractivity contribution in [3.05, 3.63) is 0 Å². The lowest BCUT2D eigenvalue weighted by Crippen LogP contribution is -2.34. The molecule has 0 aromatic heterocycles. The molecular formula is C15H29NO2. The number of piperidine rings is 1. The molecule has 0 spiro atoms. The van der Waals surface area contributed by atoms with Crippen LogP contribution in [0.3, 0.4) is 0 Å². The van der Waals surface area contributed by atoms with Gasteiger partial charge in [-0.1, -0.05) is 20.8 Å². The first-order valence-corrected chi connectivity index (χ1v) is 7.28. The molecule has 18 heavy (non-hydrogen) atoms. The zero-order valence-corrected chi connectivity index (χ0v) is 12.4. The van der Waals surface area contributed by atoms with Gasteiger partial charge in [-0.15, -0.1) is 0 Å². The number of rotatable bonds is 5. The maximum Gasteiger partial charge on any atom is 0.306 e. The van der Waals surface area contributed by atoms with E-state index in [-0.39, 0.29) is 11.4 Å². The maximum atomic E-state index is 11.7. The van der Waals surface area contributed by atoms with Gasteiger partial charge in [-0.2, -0.15) is 0 Å². The van der Waals surface area contributed by atoms with Crippen LogP contribution >= 0.6 is 0 Å². The van der Waals surface area contributed by atoms with Gasteiger partial charge in [0.05, 0.1) is 6.61 Å². The molecule has 0 radical (unpaired) electrons. The summed E-state index contributed by atoms with van der Waals surface area (Å²) in [4.78, 5) is 11.7. The lowest BCUT2D eigenvalue weighted by atomic mass is 9.74. The summed E-state index contributed by atoms with van der Waals surface area (Å²) in [6.07, 6.45) is 4.09. The predicted octanol–water partition coefficient (Wildman–Crippen LogP) is 2.99. The minimum atomic E-state index is -0.0229. The van der Waals surface area contributed by atoms with E-state index in [1.807, 2.05) is 6.92 Å². The van der Waals surface area contributed by atoms with Crippen molar-refractivity contribution in [2.75, 3.05) is 19.7 Å². The van der Waals surface area contributed by atoms with Crippen LogP contribution < -0.4 is 5.32 Å². The molecule has 0 bridgehead atoms. The first-order valence-electron chi connectivity index (χ1n) is 7.28. The van der Waals surface area contributed by atoms with Crippen LogP contribution in [-0.2, 0) is 9.53 Å². The second kappa shape index (κ2) is 7.13. The largest absolute Gasteiger partial charge is 0.466 e. The molecule has 1 atom stereocenters. The van der Waals surface area contributed by atoms with Crippen molar-refractivity contribution in [3.63, 3.8) is 0 Å². The van der Waals surface area contributed by atoms with E-state index in [1.54, 1.807) is 0 Å². The van der Waals surface area contributed by atoms with Crippen LogP contribution in [0.25, 0.3) is 0 Å². The van der Waals surface area contributed by atoms with Gasteiger partial charge in [0.2, 0.25) is 0 Å². The number of ether oxygens (including phenoxy) is 1. The normalized spacial score (nSPS) is 19.6. The number of hydrogen-bond donors (Lipinski definition) is 1. The van der Waals surface area contributed by atoms with Gasteiger partial charge in [0, 0.05) is 6.42 Å². The Morgan fingerprint density at radius 1 is 1.33 bits per heavy atom. The number of carbonyl (C=O) groups is 1. The standard InChI is InChI=1S/C15H29NO2/c1-5-18-14(17)10-13(11-15(2,3)4)12-6-8-16-9-7-12/h12-13,16H,5-11H2,1-4H3/t13-/m0/s1. The van der Waals surface area contributed by atoms with Crippen LogP contribution in [0.1, 0.15) is 53.4 Å². The molecule has 0 saturated carbocycles. The van der Waals surface area contributed by atoms with Crippen molar-refractivity contribution in [1.82, 2.24) is 5.32 Å². The predicted molar refractivity (Wildman–Crippen MR) is 74.4 cm³/mol. The Morgan fingerprint density at radius 2 is 1.94 bits per heavy atom. The third kappa shape index (κ3) is 5.85. The van der Waals surface area contributed by atoms with E-state index < -0.39 is 0 Å². The highest BCUT2D eigenvalue weighted by Gasteiger charge is 2.29. The fraction of sp³-hybridized carbons (Fsp3) is 0.933. The van der Waals surface area contributed by atoms with Crippen LogP contribution in [0.5, 0.6) is 0 Å². The SMILES string of the molecule is CCOC(=O)C[C@@H](CC(C)(C)C)C1CCNCC1. The first kappa shape index (κ1) is 15.5. The van der Waals surface area contributed by atoms with Crippen molar-refractivity contribution in [2.24, 2.45) is 17.3 Å². The Hall–Kier alpha value is -0.570. The second-order valence-corrected chi connectivity index (χ2v) is 6.62. The van der Waals surface area contributed by atoms with E-state index in [9.17, 15) is 4.79 Å². The molecule has 3 heteroatoms. The van der Waals surface area contributed by atoms with E-state index in [4.69, 9.17) is 4.74 Å². The number of carbonyl (C=O) groups excluding carboxylic acids is 1. The average Bonchev–Trinajstić information content (AvgIpc) is 2.28. The van der Waals surface area contributed by atoms with Crippen molar-refractivity contribution < 1.29 is 9.53 Å². The summed E-state index contributed by atoms with van der Waals surface area (Å²) < 4.78 is 5.12. The average molecular weight is 255 g/mol. The second-order valence-electron chi connectivity index (χ2n) is 6.62. The van der Waals surface area contributed by atoms with Crippen molar-refractivity contribution in [3.8, 4) is 0 Å². The molecule has 1 fully saturated rings. The van der Waals surface area contributed by atoms with Crippen molar-refractivity contribution >= 4 is 5.97 Å². The molecule has 1 rings (SSSR count). The molecule has 0 unspecified atom stereocenters. The molecule has 0 aromatic rings. The highest BCUT2D eigenvalue weighted by atomic mass is 16.5. The molecule has 1 heterocycles. The van der Waals surface area contributed by atoms with Crippen LogP contribution in [0.15, 0.2) is 0 Å².